The van der Waals surface area contributed by atoms with Gasteiger partial charge in [-0.05, 0) is 25.8 Å². The van der Waals surface area contributed by atoms with Crippen LogP contribution in [-0.2, 0) is 17.1 Å². The van der Waals surface area contributed by atoms with Gasteiger partial charge < -0.3 is 14.7 Å². The van der Waals surface area contributed by atoms with E-state index in [1.165, 1.54) is 0 Å². The van der Waals surface area contributed by atoms with Crippen molar-refractivity contribution in [3.8, 4) is 11.3 Å². The molecule has 4 heterocycles. The molecule has 3 aromatic heterocycles. The van der Waals surface area contributed by atoms with E-state index in [0.717, 1.165) is 29.8 Å². The van der Waals surface area contributed by atoms with Gasteiger partial charge in [0.25, 0.3) is 0 Å². The number of anilines is 1. The average molecular weight is 487 g/mol. The number of pyridine rings is 1. The number of nitrogens with zero attached hydrogens (tertiary/aromatic N) is 7. The van der Waals surface area contributed by atoms with Gasteiger partial charge in [0.2, 0.25) is 10.0 Å². The maximum atomic E-state index is 13.3. The van der Waals surface area contributed by atoms with E-state index in [0.29, 0.717) is 31.8 Å². The molecule has 182 valence electrons. The summed E-state index contributed by atoms with van der Waals surface area (Å²) in [6.45, 7) is 4.18. The molecule has 0 radical (unpaired) electrons. The van der Waals surface area contributed by atoms with Crippen molar-refractivity contribution in [1.29, 1.82) is 0 Å². The molecular weight excluding hydrogens is 456 g/mol. The number of fused-ring (bicyclic) bond motifs is 1. The molecule has 0 atom stereocenters. The number of hydrogen-bond acceptors (Lipinski definition) is 6. The lowest BCUT2D eigenvalue weighted by molar-refractivity contribution is 0.168. The van der Waals surface area contributed by atoms with E-state index in [4.69, 9.17) is 0 Å². The van der Waals surface area contributed by atoms with Gasteiger partial charge in [-0.25, -0.2) is 22.9 Å². The summed E-state index contributed by atoms with van der Waals surface area (Å²) in [5, 5.41) is 4.25. The Kier molecular flexibility index (Phi) is 5.32. The van der Waals surface area contributed by atoms with E-state index in [-0.39, 0.29) is 16.5 Å². The first-order valence-corrected chi connectivity index (χ1v) is 12.8. The molecule has 3 aromatic rings. The van der Waals surface area contributed by atoms with Crippen molar-refractivity contribution in [1.82, 2.24) is 33.7 Å². The molecule has 12 heteroatoms. The number of carbonyl (C=O) groups excluding carboxylic acids is 1. The Morgan fingerprint density at radius 1 is 1.12 bits per heavy atom. The molecule has 1 saturated carbocycles. The molecule has 34 heavy (non-hydrogen) atoms. The standard InChI is InChI=1S/C22H30N8O3S/c1-22(5-6-22)25-34(32,33)17-11-18(28-7-9-29(10-8-28)21(31)26(2)3)20-23-13-19(30(20)15-17)16-12-24-27(4)14-16/h11-15,25H,5-10H2,1-4H3. The molecule has 0 aromatic carbocycles. The van der Waals surface area contributed by atoms with E-state index in [9.17, 15) is 13.2 Å². The Bertz CT molecular complexity index is 1350. The molecule has 1 aliphatic heterocycles. The minimum absolute atomic E-state index is 0.0253. The molecule has 2 fully saturated rings. The van der Waals surface area contributed by atoms with Crippen LogP contribution in [0.4, 0.5) is 10.5 Å². The van der Waals surface area contributed by atoms with Crippen molar-refractivity contribution in [2.45, 2.75) is 30.2 Å². The summed E-state index contributed by atoms with van der Waals surface area (Å²) in [7, 11) is 1.58. The highest BCUT2D eigenvalue weighted by atomic mass is 32.2. The first kappa shape index (κ1) is 22.7. The minimum Gasteiger partial charge on any atom is -0.365 e. The van der Waals surface area contributed by atoms with Gasteiger partial charge in [0, 0.05) is 70.8 Å². The Labute approximate surface area is 199 Å². The molecule has 0 bridgehead atoms. The number of rotatable bonds is 5. The molecule has 1 aliphatic carbocycles. The molecule has 5 rings (SSSR count). The highest BCUT2D eigenvalue weighted by Crippen LogP contribution is 2.37. The third-order valence-electron chi connectivity index (χ3n) is 6.53. The predicted molar refractivity (Wildman–Crippen MR) is 128 cm³/mol. The van der Waals surface area contributed by atoms with Crippen molar-refractivity contribution < 1.29 is 13.2 Å². The fourth-order valence-corrected chi connectivity index (χ4v) is 5.77. The molecule has 11 nitrogen and oxygen atoms in total. The third-order valence-corrected chi connectivity index (χ3v) is 8.13. The van der Waals surface area contributed by atoms with Crippen LogP contribution in [0.3, 0.4) is 0 Å². The quantitative estimate of drug-likeness (QED) is 0.584. The highest BCUT2D eigenvalue weighted by molar-refractivity contribution is 7.89. The van der Waals surface area contributed by atoms with Gasteiger partial charge in [0.1, 0.15) is 4.90 Å². The largest absolute Gasteiger partial charge is 0.365 e. The molecule has 2 amide bonds. The van der Waals surface area contributed by atoms with Gasteiger partial charge in [0.15, 0.2) is 5.65 Å². The number of carbonyl (C=O) groups is 1. The Balaban J connectivity index is 1.57. The predicted octanol–water partition coefficient (Wildman–Crippen LogP) is 1.37. The molecular formula is C22H30N8O3S. The lowest BCUT2D eigenvalue weighted by atomic mass is 10.2. The maximum absolute atomic E-state index is 13.3. The summed E-state index contributed by atoms with van der Waals surface area (Å²) in [5.74, 6) is 0. The Hall–Kier alpha value is -3.12. The number of nitrogens with one attached hydrogen (secondary N) is 1. The van der Waals surface area contributed by atoms with Crippen molar-refractivity contribution in [3.63, 3.8) is 0 Å². The van der Waals surface area contributed by atoms with Gasteiger partial charge in [0.05, 0.1) is 23.8 Å². The molecule has 1 saturated heterocycles. The summed E-state index contributed by atoms with van der Waals surface area (Å²) in [5.41, 5.74) is 2.63. The highest BCUT2D eigenvalue weighted by Gasteiger charge is 2.41. The van der Waals surface area contributed by atoms with E-state index in [1.54, 1.807) is 53.2 Å². The number of sulfonamides is 1. The van der Waals surface area contributed by atoms with Crippen molar-refractivity contribution in [2.75, 3.05) is 45.2 Å². The third kappa shape index (κ3) is 4.11. The summed E-state index contributed by atoms with van der Waals surface area (Å²) in [6.07, 6.45) is 8.64. The number of aryl methyl sites for hydroxylation is 1. The number of piperazine rings is 1. The van der Waals surface area contributed by atoms with E-state index in [1.807, 2.05) is 24.6 Å². The zero-order chi connectivity index (χ0) is 24.3. The average Bonchev–Trinajstić information content (AvgIpc) is 3.17. The molecule has 1 N–H and O–H groups in total. The van der Waals surface area contributed by atoms with Crippen molar-refractivity contribution in [3.05, 3.63) is 30.9 Å². The van der Waals surface area contributed by atoms with Crippen LogP contribution in [0, 0.1) is 0 Å². The SMILES string of the molecule is CN(C)C(=O)N1CCN(c2cc(S(=O)(=O)NC3(C)CC3)cn3c(-c4cnn(C)c4)cnc23)CC1. The second kappa shape index (κ2) is 7.98. The summed E-state index contributed by atoms with van der Waals surface area (Å²) in [6, 6.07) is 1.68. The summed E-state index contributed by atoms with van der Waals surface area (Å²) < 4.78 is 33.0. The van der Waals surface area contributed by atoms with Crippen LogP contribution in [0.25, 0.3) is 16.9 Å². The zero-order valence-corrected chi connectivity index (χ0v) is 20.7. The lowest BCUT2D eigenvalue weighted by Crippen LogP contribution is -2.51. The Morgan fingerprint density at radius 2 is 1.82 bits per heavy atom. The maximum Gasteiger partial charge on any atom is 0.319 e. The first-order valence-electron chi connectivity index (χ1n) is 11.3. The van der Waals surface area contributed by atoms with Crippen LogP contribution in [0.15, 0.2) is 35.7 Å². The fraction of sp³-hybridized carbons (Fsp3) is 0.500. The van der Waals surface area contributed by atoms with Gasteiger partial charge in [-0.3, -0.25) is 9.08 Å². The number of imidazole rings is 1. The van der Waals surface area contributed by atoms with Crippen LogP contribution in [0.5, 0.6) is 0 Å². The van der Waals surface area contributed by atoms with Gasteiger partial charge in [-0.1, -0.05) is 0 Å². The van der Waals surface area contributed by atoms with Crippen LogP contribution in [0.1, 0.15) is 19.8 Å². The number of urea groups is 1. The molecule has 2 aliphatic rings. The summed E-state index contributed by atoms with van der Waals surface area (Å²) in [4.78, 5) is 22.7. The monoisotopic (exact) mass is 486 g/mol. The smallest absolute Gasteiger partial charge is 0.319 e. The summed E-state index contributed by atoms with van der Waals surface area (Å²) >= 11 is 0. The van der Waals surface area contributed by atoms with Crippen LogP contribution < -0.4 is 9.62 Å². The number of amides is 2. The molecule has 0 spiro atoms. The van der Waals surface area contributed by atoms with E-state index in [2.05, 4.69) is 19.7 Å². The number of aromatic nitrogens is 4. The van der Waals surface area contributed by atoms with E-state index >= 15 is 0 Å². The second-order valence-corrected chi connectivity index (χ2v) is 11.3. The lowest BCUT2D eigenvalue weighted by Gasteiger charge is -2.37. The van der Waals surface area contributed by atoms with Crippen LogP contribution in [0.2, 0.25) is 0 Å². The van der Waals surface area contributed by atoms with Gasteiger partial charge in [-0.2, -0.15) is 5.10 Å². The fourth-order valence-electron chi connectivity index (χ4n) is 4.29. The van der Waals surface area contributed by atoms with Crippen LogP contribution in [-0.4, -0.2) is 89.2 Å². The van der Waals surface area contributed by atoms with Crippen LogP contribution >= 0.6 is 0 Å². The van der Waals surface area contributed by atoms with Gasteiger partial charge >= 0.3 is 6.03 Å². The van der Waals surface area contributed by atoms with Crippen molar-refractivity contribution in [2.24, 2.45) is 7.05 Å². The van der Waals surface area contributed by atoms with Crippen molar-refractivity contribution >= 4 is 27.4 Å². The van der Waals surface area contributed by atoms with E-state index < -0.39 is 10.0 Å². The van der Waals surface area contributed by atoms with Gasteiger partial charge in [-0.15, -0.1) is 0 Å². The number of hydrogen-bond donors (Lipinski definition) is 1. The normalized spacial score (nSPS) is 17.9. The topological polar surface area (TPSA) is 108 Å². The first-order chi connectivity index (χ1) is 16.1. The molecule has 0 unspecified atom stereocenters. The Morgan fingerprint density at radius 3 is 2.41 bits per heavy atom. The second-order valence-electron chi connectivity index (χ2n) is 9.62. The minimum atomic E-state index is -3.73. The zero-order valence-electron chi connectivity index (χ0n) is 19.9.